The first kappa shape index (κ1) is 15.4. The molecule has 2 heterocycles. The maximum Gasteiger partial charge on any atom is 0.216 e. The average Bonchev–Trinajstić information content (AvgIpc) is 2.96. The van der Waals surface area contributed by atoms with Crippen molar-refractivity contribution in [1.29, 1.82) is 0 Å². The van der Waals surface area contributed by atoms with E-state index in [0.29, 0.717) is 13.1 Å². The first-order valence-electron chi connectivity index (χ1n) is 7.45. The Kier molecular flexibility index (Phi) is 4.52. The predicted octanol–water partition coefficient (Wildman–Crippen LogP) is 3.21. The lowest BCUT2D eigenvalue weighted by atomic mass is 10.2. The Morgan fingerprint density at radius 1 is 1.17 bits per heavy atom. The van der Waals surface area contributed by atoms with Gasteiger partial charge in [-0.2, -0.15) is 0 Å². The third-order valence-electron chi connectivity index (χ3n) is 3.35. The van der Waals surface area contributed by atoms with Gasteiger partial charge in [0.05, 0.1) is 5.39 Å². The number of rotatable bonds is 5. The molecule has 0 atom stereocenters. The molecule has 0 aliphatic rings. The van der Waals surface area contributed by atoms with Crippen LogP contribution in [0.25, 0.3) is 20.7 Å². The lowest BCUT2D eigenvalue weighted by Gasteiger charge is -2.07. The monoisotopic (exact) mass is 326 g/mol. The third-order valence-corrected chi connectivity index (χ3v) is 4.43. The van der Waals surface area contributed by atoms with Gasteiger partial charge in [-0.05, 0) is 18.6 Å². The molecule has 0 radical (unpaired) electrons. The van der Waals surface area contributed by atoms with Crippen LogP contribution in [0.15, 0.2) is 36.4 Å². The Morgan fingerprint density at radius 2 is 1.96 bits per heavy atom. The molecule has 0 saturated carbocycles. The number of carbonyl (C=O) groups excluding carboxylic acids is 1. The molecule has 23 heavy (non-hydrogen) atoms. The smallest absolute Gasteiger partial charge is 0.216 e. The second-order valence-corrected chi connectivity index (χ2v) is 6.26. The van der Waals surface area contributed by atoms with Crippen molar-refractivity contribution in [1.82, 2.24) is 15.3 Å². The second kappa shape index (κ2) is 6.75. The van der Waals surface area contributed by atoms with Crippen LogP contribution in [0.1, 0.15) is 12.7 Å². The highest BCUT2D eigenvalue weighted by Crippen LogP contribution is 2.35. The van der Waals surface area contributed by atoms with E-state index in [1.165, 1.54) is 17.4 Å². The van der Waals surface area contributed by atoms with Gasteiger partial charge in [0, 0.05) is 24.9 Å². The van der Waals surface area contributed by atoms with Crippen molar-refractivity contribution in [2.75, 3.05) is 18.4 Å². The first-order valence-corrected chi connectivity index (χ1v) is 8.27. The lowest BCUT2D eigenvalue weighted by molar-refractivity contribution is -0.118. The number of hydrogen-bond acceptors (Lipinski definition) is 5. The van der Waals surface area contributed by atoms with Crippen LogP contribution in [-0.2, 0) is 4.79 Å². The molecule has 118 valence electrons. The van der Waals surface area contributed by atoms with E-state index in [-0.39, 0.29) is 5.91 Å². The van der Waals surface area contributed by atoms with Gasteiger partial charge in [-0.3, -0.25) is 4.79 Å². The molecule has 6 heteroatoms. The van der Waals surface area contributed by atoms with E-state index in [1.807, 2.05) is 25.1 Å². The summed E-state index contributed by atoms with van der Waals surface area (Å²) in [4.78, 5) is 22.1. The van der Waals surface area contributed by atoms with Gasteiger partial charge in [-0.25, -0.2) is 9.97 Å². The molecule has 1 amide bonds. The van der Waals surface area contributed by atoms with Crippen LogP contribution in [0.3, 0.4) is 0 Å². The summed E-state index contributed by atoms with van der Waals surface area (Å²) in [7, 11) is 0. The van der Waals surface area contributed by atoms with Crippen molar-refractivity contribution in [2.24, 2.45) is 0 Å². The summed E-state index contributed by atoms with van der Waals surface area (Å²) in [5.41, 5.74) is 1.18. The van der Waals surface area contributed by atoms with Gasteiger partial charge in [0.25, 0.3) is 0 Å². The number of carbonyl (C=O) groups is 1. The van der Waals surface area contributed by atoms with Crippen molar-refractivity contribution in [2.45, 2.75) is 13.8 Å². The zero-order valence-electron chi connectivity index (χ0n) is 13.1. The van der Waals surface area contributed by atoms with Gasteiger partial charge >= 0.3 is 0 Å². The number of aromatic nitrogens is 2. The topological polar surface area (TPSA) is 66.9 Å². The fraction of sp³-hybridized carbons (Fsp3) is 0.235. The van der Waals surface area contributed by atoms with Gasteiger partial charge in [-0.1, -0.05) is 30.3 Å². The minimum Gasteiger partial charge on any atom is -0.368 e. The van der Waals surface area contributed by atoms with Crippen molar-refractivity contribution in [3.05, 3.63) is 42.2 Å². The molecule has 0 fully saturated rings. The Labute approximate surface area is 138 Å². The predicted molar refractivity (Wildman–Crippen MR) is 94.8 cm³/mol. The van der Waals surface area contributed by atoms with E-state index in [2.05, 4.69) is 38.8 Å². The Morgan fingerprint density at radius 3 is 2.70 bits per heavy atom. The molecule has 0 unspecified atom stereocenters. The van der Waals surface area contributed by atoms with E-state index >= 15 is 0 Å². The van der Waals surface area contributed by atoms with Crippen LogP contribution in [0, 0.1) is 6.92 Å². The molecule has 0 spiro atoms. The largest absolute Gasteiger partial charge is 0.368 e. The zero-order valence-corrected chi connectivity index (χ0v) is 13.9. The van der Waals surface area contributed by atoms with E-state index in [9.17, 15) is 4.79 Å². The van der Waals surface area contributed by atoms with E-state index in [0.717, 1.165) is 21.9 Å². The molecule has 0 aliphatic heterocycles. The Bertz CT molecular complexity index is 829. The van der Waals surface area contributed by atoms with Crippen molar-refractivity contribution in [3.63, 3.8) is 0 Å². The molecule has 3 aromatic rings. The Hall–Kier alpha value is -2.47. The highest BCUT2D eigenvalue weighted by Gasteiger charge is 2.11. The summed E-state index contributed by atoms with van der Waals surface area (Å²) in [6, 6.07) is 12.4. The number of aryl methyl sites for hydroxylation is 1. The van der Waals surface area contributed by atoms with E-state index in [1.54, 1.807) is 11.3 Å². The number of benzene rings is 1. The summed E-state index contributed by atoms with van der Waals surface area (Å²) in [6.07, 6.45) is 0. The molecule has 1 aromatic carbocycles. The second-order valence-electron chi connectivity index (χ2n) is 5.22. The van der Waals surface area contributed by atoms with Crippen LogP contribution in [0.5, 0.6) is 0 Å². The lowest BCUT2D eigenvalue weighted by Crippen LogP contribution is -2.26. The summed E-state index contributed by atoms with van der Waals surface area (Å²) in [6.45, 7) is 4.59. The molecule has 3 rings (SSSR count). The van der Waals surface area contributed by atoms with Crippen molar-refractivity contribution in [3.8, 4) is 10.4 Å². The molecule has 0 aliphatic carbocycles. The van der Waals surface area contributed by atoms with Gasteiger partial charge in [0.15, 0.2) is 0 Å². The number of nitrogens with one attached hydrogen (secondary N) is 2. The SMILES string of the molecule is CC(=O)NCCNc1nc(C)nc2sc(-c3ccccc3)cc12. The average molecular weight is 326 g/mol. The molecule has 0 saturated heterocycles. The summed E-state index contributed by atoms with van der Waals surface area (Å²) in [5.74, 6) is 1.52. The number of anilines is 1. The zero-order chi connectivity index (χ0) is 16.2. The van der Waals surface area contributed by atoms with Crippen LogP contribution in [0.4, 0.5) is 5.82 Å². The summed E-state index contributed by atoms with van der Waals surface area (Å²) >= 11 is 1.66. The number of fused-ring (bicyclic) bond motifs is 1. The quantitative estimate of drug-likeness (QED) is 0.707. The molecule has 2 N–H and O–H groups in total. The first-order chi connectivity index (χ1) is 11.1. The third kappa shape index (κ3) is 3.65. The van der Waals surface area contributed by atoms with Crippen LogP contribution >= 0.6 is 11.3 Å². The fourth-order valence-electron chi connectivity index (χ4n) is 2.33. The molecule has 5 nitrogen and oxygen atoms in total. The van der Waals surface area contributed by atoms with E-state index in [4.69, 9.17) is 0 Å². The minimum atomic E-state index is -0.0299. The normalized spacial score (nSPS) is 10.7. The molecule has 0 bridgehead atoms. The molecular formula is C17H18N4OS. The molecular weight excluding hydrogens is 308 g/mol. The maximum atomic E-state index is 10.9. The van der Waals surface area contributed by atoms with Crippen LogP contribution in [-0.4, -0.2) is 29.0 Å². The van der Waals surface area contributed by atoms with Gasteiger partial charge < -0.3 is 10.6 Å². The number of nitrogens with zero attached hydrogens (tertiary/aromatic N) is 2. The number of hydrogen-bond donors (Lipinski definition) is 2. The molecule has 2 aromatic heterocycles. The highest BCUT2D eigenvalue weighted by molar-refractivity contribution is 7.21. The van der Waals surface area contributed by atoms with Crippen LogP contribution in [0.2, 0.25) is 0 Å². The number of amides is 1. The summed E-state index contributed by atoms with van der Waals surface area (Å²) in [5, 5.41) is 7.07. The van der Waals surface area contributed by atoms with Crippen molar-refractivity contribution >= 4 is 33.3 Å². The van der Waals surface area contributed by atoms with Gasteiger partial charge in [-0.15, -0.1) is 11.3 Å². The summed E-state index contributed by atoms with van der Waals surface area (Å²) < 4.78 is 0. The van der Waals surface area contributed by atoms with E-state index < -0.39 is 0 Å². The maximum absolute atomic E-state index is 10.9. The Balaban J connectivity index is 1.88. The van der Waals surface area contributed by atoms with Crippen LogP contribution < -0.4 is 10.6 Å². The standard InChI is InChI=1S/C17H18N4OS/c1-11-20-16(19-9-8-18-12(2)22)14-10-15(23-17(14)21-11)13-6-4-3-5-7-13/h3-7,10H,8-9H2,1-2H3,(H,18,22)(H,19,20,21). The minimum absolute atomic E-state index is 0.0299. The van der Waals surface area contributed by atoms with Gasteiger partial charge in [0.1, 0.15) is 16.5 Å². The van der Waals surface area contributed by atoms with Gasteiger partial charge in [0.2, 0.25) is 5.91 Å². The number of thiophene rings is 1. The van der Waals surface area contributed by atoms with Crippen molar-refractivity contribution < 1.29 is 4.79 Å². The fourth-order valence-corrected chi connectivity index (χ4v) is 3.41. The highest BCUT2D eigenvalue weighted by atomic mass is 32.1.